The van der Waals surface area contributed by atoms with Crippen LogP contribution in [-0.2, 0) is 9.59 Å². The molecule has 2 aromatic rings. The summed E-state index contributed by atoms with van der Waals surface area (Å²) in [5.74, 6) is -4.77. The number of nitrogens with zero attached hydrogens (tertiary/aromatic N) is 8. The minimum atomic E-state index is -4.70. The number of hydrogen-bond acceptors (Lipinski definition) is 12. The Hall–Kier alpha value is -5.46. The smallest absolute Gasteiger partial charge is 0.384 e. The van der Waals surface area contributed by atoms with Gasteiger partial charge >= 0.3 is 12.4 Å². The molecule has 0 aromatic carbocycles. The number of carbonyl (C=O) groups is 2. The molecule has 6 aliphatic rings. The van der Waals surface area contributed by atoms with Crippen molar-refractivity contribution in [3.8, 4) is 12.1 Å². The topological polar surface area (TPSA) is 179 Å². The summed E-state index contributed by atoms with van der Waals surface area (Å²) in [4.78, 5) is 45.3. The van der Waals surface area contributed by atoms with E-state index in [1.165, 1.54) is 12.4 Å². The highest BCUT2D eigenvalue weighted by atomic mass is 19.4. The summed E-state index contributed by atoms with van der Waals surface area (Å²) >= 11 is 0. The molecule has 0 unspecified atom stereocenters. The lowest BCUT2D eigenvalue weighted by molar-refractivity contribution is -0.191. The number of piperidine rings is 2. The Morgan fingerprint density at radius 1 is 0.650 bits per heavy atom. The fraction of sp³-hybridized carbons (Fsp3) is 0.524. The second kappa shape index (κ2) is 16.5. The van der Waals surface area contributed by atoms with Crippen LogP contribution in [0.3, 0.4) is 0 Å². The number of pyridine rings is 2. The molecular weight excluding hydrogens is 795 g/mol. The van der Waals surface area contributed by atoms with Crippen LogP contribution >= 0.6 is 0 Å². The number of anilines is 2. The second-order valence-corrected chi connectivity index (χ2v) is 16.1. The third-order valence-corrected chi connectivity index (χ3v) is 12.4. The molecule has 0 amide bonds. The number of aromatic nitrogens is 2. The van der Waals surface area contributed by atoms with Crippen LogP contribution in [0.25, 0.3) is 0 Å². The van der Waals surface area contributed by atoms with Crippen LogP contribution in [0, 0.1) is 60.2 Å². The van der Waals surface area contributed by atoms with E-state index in [0.29, 0.717) is 85.6 Å². The number of nitriles is 2. The molecule has 4 aliphatic heterocycles. The van der Waals surface area contributed by atoms with Crippen molar-refractivity contribution >= 4 is 34.6 Å². The Balaban J connectivity index is 0.000000181. The van der Waals surface area contributed by atoms with E-state index in [-0.39, 0.29) is 48.9 Å². The molecule has 60 heavy (non-hydrogen) atoms. The van der Waals surface area contributed by atoms with Crippen LogP contribution < -0.4 is 9.80 Å². The average Bonchev–Trinajstić information content (AvgIpc) is 3.81. The molecule has 2 aromatic heterocycles. The van der Waals surface area contributed by atoms with E-state index in [1.54, 1.807) is 0 Å². The molecule has 4 atom stereocenters. The first-order chi connectivity index (χ1) is 28.4. The van der Waals surface area contributed by atoms with Gasteiger partial charge in [-0.05, 0) is 85.1 Å². The number of carbonyl (C=O) groups excluding carboxylic acids is 2. The molecule has 8 rings (SSSR count). The zero-order valence-electron chi connectivity index (χ0n) is 32.8. The van der Waals surface area contributed by atoms with Crippen molar-refractivity contribution in [1.29, 1.82) is 10.5 Å². The number of ketones is 2. The predicted octanol–water partition coefficient (Wildman–Crippen LogP) is 5.48. The Labute approximate surface area is 341 Å². The lowest BCUT2D eigenvalue weighted by Gasteiger charge is -2.36. The summed E-state index contributed by atoms with van der Waals surface area (Å²) in [5.41, 5.74) is 4.37. The number of halogens is 6. The summed E-state index contributed by atoms with van der Waals surface area (Å²) < 4.78 is 82.1. The van der Waals surface area contributed by atoms with E-state index in [1.807, 2.05) is 26.0 Å². The van der Waals surface area contributed by atoms with Crippen molar-refractivity contribution in [2.24, 2.45) is 33.7 Å². The van der Waals surface area contributed by atoms with Gasteiger partial charge in [-0.15, -0.1) is 0 Å². The number of aliphatic hydroxyl groups excluding tert-OH is 2. The highest BCUT2D eigenvalue weighted by molar-refractivity contribution is 6.09. The van der Waals surface area contributed by atoms with E-state index in [9.17, 15) is 46.1 Å². The third-order valence-electron chi connectivity index (χ3n) is 12.4. The average molecular weight is 837 g/mol. The second-order valence-electron chi connectivity index (χ2n) is 16.1. The van der Waals surface area contributed by atoms with Crippen LogP contribution in [0.1, 0.15) is 60.8 Å². The number of aryl methyl sites for hydroxylation is 2. The van der Waals surface area contributed by atoms with Crippen molar-refractivity contribution in [3.63, 3.8) is 0 Å². The van der Waals surface area contributed by atoms with Gasteiger partial charge < -0.3 is 20.0 Å². The van der Waals surface area contributed by atoms with Crippen LogP contribution in [0.5, 0.6) is 0 Å². The summed E-state index contributed by atoms with van der Waals surface area (Å²) in [7, 11) is 0. The molecule has 0 bridgehead atoms. The van der Waals surface area contributed by atoms with Crippen LogP contribution in [0.2, 0.25) is 0 Å². The van der Waals surface area contributed by atoms with Crippen molar-refractivity contribution in [3.05, 3.63) is 69.1 Å². The number of Topliss-reactive ketones (excluding diaryl/α,β-unsaturated/α-hetero) is 2. The number of aliphatic hydroxyl groups is 2. The van der Waals surface area contributed by atoms with Gasteiger partial charge in [0.15, 0.2) is 11.6 Å². The molecule has 2 N–H and O–H groups in total. The molecule has 2 fully saturated rings. The summed E-state index contributed by atoms with van der Waals surface area (Å²) in [5, 5.41) is 38.1. The predicted molar refractivity (Wildman–Crippen MR) is 206 cm³/mol. The fourth-order valence-corrected chi connectivity index (χ4v) is 9.25. The van der Waals surface area contributed by atoms with Crippen molar-refractivity contribution in [2.45, 2.75) is 76.9 Å². The van der Waals surface area contributed by atoms with Gasteiger partial charge in [-0.1, -0.05) is 0 Å². The van der Waals surface area contributed by atoms with Crippen LogP contribution in [0.15, 0.2) is 56.8 Å². The van der Waals surface area contributed by atoms with Gasteiger partial charge in [0.1, 0.15) is 47.8 Å². The molecule has 316 valence electrons. The maximum absolute atomic E-state index is 13.7. The van der Waals surface area contributed by atoms with E-state index in [0.717, 1.165) is 22.8 Å². The monoisotopic (exact) mass is 836 g/mol. The van der Waals surface area contributed by atoms with E-state index >= 15 is 0 Å². The summed E-state index contributed by atoms with van der Waals surface area (Å²) in [6, 6.07) is 7.85. The lowest BCUT2D eigenvalue weighted by atomic mass is 9.74. The lowest BCUT2D eigenvalue weighted by Crippen LogP contribution is -2.46. The largest absolute Gasteiger partial charge is 0.398 e. The Morgan fingerprint density at radius 3 is 1.30 bits per heavy atom. The molecule has 2 saturated heterocycles. The Bertz CT molecular complexity index is 2130. The highest BCUT2D eigenvalue weighted by Crippen LogP contribution is 2.47. The van der Waals surface area contributed by atoms with Crippen LogP contribution in [-0.4, -0.2) is 107 Å². The van der Waals surface area contributed by atoms with Gasteiger partial charge in [-0.2, -0.15) is 36.9 Å². The minimum absolute atomic E-state index is 0.0420. The number of hydrogen-bond donors (Lipinski definition) is 2. The Morgan fingerprint density at radius 2 is 1.00 bits per heavy atom. The Kier molecular flexibility index (Phi) is 11.8. The van der Waals surface area contributed by atoms with Gasteiger partial charge in [0.25, 0.3) is 0 Å². The molecule has 12 nitrogen and oxygen atoms in total. The van der Waals surface area contributed by atoms with Crippen molar-refractivity contribution < 1.29 is 46.1 Å². The van der Waals surface area contributed by atoms with Crippen molar-refractivity contribution in [2.75, 3.05) is 49.1 Å². The van der Waals surface area contributed by atoms with Gasteiger partial charge in [0.05, 0.1) is 24.2 Å². The molecular formula is C42H42F6N8O4. The van der Waals surface area contributed by atoms with E-state index in [4.69, 9.17) is 10.5 Å². The van der Waals surface area contributed by atoms with Gasteiger partial charge in [-0.3, -0.25) is 19.6 Å². The summed E-state index contributed by atoms with van der Waals surface area (Å²) in [6.07, 6.45) is -8.38. The van der Waals surface area contributed by atoms with E-state index < -0.39 is 48.0 Å². The van der Waals surface area contributed by atoms with Gasteiger partial charge in [0, 0.05) is 74.7 Å². The normalized spacial score (nSPS) is 25.3. The first kappa shape index (κ1) is 42.7. The van der Waals surface area contributed by atoms with Crippen molar-refractivity contribution in [1.82, 2.24) is 9.97 Å². The molecule has 6 heterocycles. The highest BCUT2D eigenvalue weighted by Gasteiger charge is 2.56. The standard InChI is InChI=1S/2C21H21F3N4O2/c2*1-11-6-16(26-10-14(11)8-25)28-4-2-12(3-5-28)19-17-13(9-27-19)7-15(29)20(30)18(17)21(22,23)24/h2*6,10,12,18,20,30H,2-5,7,9H2,1H3/t2*18-,20+/m10/s1. The SMILES string of the molecule is Cc1cc(N2CCC(C3=NCC4=C3[C@@H](C(F)(F)F)[C@@H](O)C(=O)C4)CC2)ncc1C#N.Cc1cc(N2CCC(C3=NCC4=C3[C@H](C(F)(F)F)[C@H](O)C(=O)C4)CC2)ncc1C#N. The number of alkyl halides is 6. The third kappa shape index (κ3) is 8.19. The first-order valence-corrected chi connectivity index (χ1v) is 19.7. The molecule has 0 saturated carbocycles. The maximum Gasteiger partial charge on any atom is 0.398 e. The van der Waals surface area contributed by atoms with Gasteiger partial charge in [0.2, 0.25) is 0 Å². The number of aliphatic imine (C=N–C) groups is 2. The first-order valence-electron chi connectivity index (χ1n) is 19.7. The van der Waals surface area contributed by atoms with Crippen LogP contribution in [0.4, 0.5) is 38.0 Å². The maximum atomic E-state index is 13.7. The zero-order valence-corrected chi connectivity index (χ0v) is 32.8. The zero-order chi connectivity index (χ0) is 43.3. The quantitative estimate of drug-likeness (QED) is 0.375. The molecule has 2 aliphatic carbocycles. The van der Waals surface area contributed by atoms with E-state index in [2.05, 4.69) is 41.9 Å². The molecule has 0 spiro atoms. The number of rotatable bonds is 4. The minimum Gasteiger partial charge on any atom is -0.384 e. The fourth-order valence-electron chi connectivity index (χ4n) is 9.25. The summed E-state index contributed by atoms with van der Waals surface area (Å²) in [6.45, 7) is 6.28. The molecule has 18 heteroatoms. The molecule has 0 radical (unpaired) electrons. The van der Waals surface area contributed by atoms with Gasteiger partial charge in [-0.25, -0.2) is 9.97 Å².